The van der Waals surface area contributed by atoms with Crippen molar-refractivity contribution in [1.29, 1.82) is 0 Å². The monoisotopic (exact) mass is 392 g/mol. The van der Waals surface area contributed by atoms with Crippen molar-refractivity contribution in [3.63, 3.8) is 0 Å². The first kappa shape index (κ1) is 16.8. The Morgan fingerprint density at radius 3 is 2.21 bits per heavy atom. The topological polar surface area (TPSA) is 57.3 Å². The van der Waals surface area contributed by atoms with Gasteiger partial charge in [0, 0.05) is 10.0 Å². The molecule has 1 heterocycles. The van der Waals surface area contributed by atoms with Gasteiger partial charge in [-0.2, -0.15) is 0 Å². The van der Waals surface area contributed by atoms with Crippen LogP contribution in [0, 0.1) is 0 Å². The molecule has 2 aromatic carbocycles. The van der Waals surface area contributed by atoms with Crippen LogP contribution < -0.4 is 14.2 Å². The Balaban J connectivity index is 1.80. The van der Waals surface area contributed by atoms with Crippen molar-refractivity contribution in [2.24, 2.45) is 0 Å². The molecule has 1 fully saturated rings. The van der Waals surface area contributed by atoms with E-state index in [4.69, 9.17) is 18.9 Å². The summed E-state index contributed by atoms with van der Waals surface area (Å²) in [5.41, 5.74) is 1.46. The van der Waals surface area contributed by atoms with E-state index in [-0.39, 0.29) is 11.9 Å². The number of epoxide rings is 1. The van der Waals surface area contributed by atoms with Gasteiger partial charge in [-0.05, 0) is 45.8 Å². The lowest BCUT2D eigenvalue weighted by Crippen LogP contribution is -2.10. The third-order valence-electron chi connectivity index (χ3n) is 3.93. The molecule has 126 valence electrons. The highest BCUT2D eigenvalue weighted by Crippen LogP contribution is 2.43. The highest BCUT2D eigenvalue weighted by Gasteiger charge is 2.46. The quantitative estimate of drug-likeness (QED) is 0.552. The second-order valence-corrected chi connectivity index (χ2v) is 6.16. The second-order valence-electron chi connectivity index (χ2n) is 5.30. The highest BCUT2D eigenvalue weighted by molar-refractivity contribution is 9.10. The number of hydrogen-bond donors (Lipinski definition) is 0. The van der Waals surface area contributed by atoms with Gasteiger partial charge in [-0.3, -0.25) is 4.79 Å². The van der Waals surface area contributed by atoms with Gasteiger partial charge in [0.05, 0.1) is 21.3 Å². The average molecular weight is 393 g/mol. The van der Waals surface area contributed by atoms with Gasteiger partial charge in [0.1, 0.15) is 11.9 Å². The van der Waals surface area contributed by atoms with Gasteiger partial charge in [0.15, 0.2) is 23.4 Å². The molecule has 2 atom stereocenters. The number of carbonyl (C=O) groups is 1. The molecule has 3 rings (SSSR count). The van der Waals surface area contributed by atoms with E-state index in [9.17, 15) is 4.79 Å². The maximum atomic E-state index is 12.7. The van der Waals surface area contributed by atoms with E-state index in [1.54, 1.807) is 26.4 Å². The normalized spacial score (nSPS) is 18.8. The summed E-state index contributed by atoms with van der Waals surface area (Å²) in [6.45, 7) is 0. The zero-order valence-corrected chi connectivity index (χ0v) is 15.1. The molecular formula is C18H17BrO5. The zero-order chi connectivity index (χ0) is 17.3. The Hall–Kier alpha value is -2.05. The van der Waals surface area contributed by atoms with E-state index in [0.29, 0.717) is 21.5 Å². The number of hydrogen-bond acceptors (Lipinski definition) is 5. The Morgan fingerprint density at radius 1 is 1.00 bits per heavy atom. The first-order valence-electron chi connectivity index (χ1n) is 7.34. The number of ether oxygens (including phenoxy) is 4. The number of rotatable bonds is 6. The van der Waals surface area contributed by atoms with Crippen LogP contribution >= 0.6 is 15.9 Å². The molecule has 0 N–H and O–H groups in total. The van der Waals surface area contributed by atoms with Crippen molar-refractivity contribution in [2.75, 3.05) is 21.3 Å². The third kappa shape index (κ3) is 3.12. The predicted octanol–water partition coefficient (Wildman–Crippen LogP) is 3.80. The van der Waals surface area contributed by atoms with Gasteiger partial charge < -0.3 is 18.9 Å². The fourth-order valence-electron chi connectivity index (χ4n) is 2.56. The van der Waals surface area contributed by atoms with Crippen molar-refractivity contribution < 1.29 is 23.7 Å². The lowest BCUT2D eigenvalue weighted by Gasteiger charge is -2.10. The van der Waals surface area contributed by atoms with E-state index in [1.807, 2.05) is 24.3 Å². The lowest BCUT2D eigenvalue weighted by atomic mass is 10.0. The second kappa shape index (κ2) is 6.83. The third-order valence-corrected chi connectivity index (χ3v) is 4.59. The van der Waals surface area contributed by atoms with E-state index in [0.717, 1.165) is 11.3 Å². The standard InChI is InChI=1S/C18H17BrO5/c1-21-11-6-4-10(5-7-11)17-18(24-17)16(20)12-8-14(22-2)15(23-3)9-13(12)19/h4-9,17-18H,1-3H3. The molecule has 0 bridgehead atoms. The van der Waals surface area contributed by atoms with Crippen molar-refractivity contribution in [3.8, 4) is 17.2 Å². The van der Waals surface area contributed by atoms with Crippen LogP contribution in [0.25, 0.3) is 0 Å². The molecule has 1 saturated heterocycles. The molecule has 1 aliphatic heterocycles. The summed E-state index contributed by atoms with van der Waals surface area (Å²) in [5, 5.41) is 0. The fraction of sp³-hybridized carbons (Fsp3) is 0.278. The lowest BCUT2D eigenvalue weighted by molar-refractivity contribution is 0.0952. The molecule has 0 spiro atoms. The van der Waals surface area contributed by atoms with E-state index >= 15 is 0 Å². The van der Waals surface area contributed by atoms with Crippen LogP contribution in [0.3, 0.4) is 0 Å². The number of Topliss-reactive ketones (excluding diaryl/α,β-unsaturated/α-hetero) is 1. The van der Waals surface area contributed by atoms with Gasteiger partial charge in [-0.25, -0.2) is 0 Å². The number of halogens is 1. The number of carbonyl (C=O) groups excluding carboxylic acids is 1. The van der Waals surface area contributed by atoms with Crippen molar-refractivity contribution >= 4 is 21.7 Å². The largest absolute Gasteiger partial charge is 0.497 e. The molecule has 6 heteroatoms. The van der Waals surface area contributed by atoms with Crippen LogP contribution in [-0.2, 0) is 4.74 Å². The molecule has 2 aromatic rings. The minimum Gasteiger partial charge on any atom is -0.497 e. The van der Waals surface area contributed by atoms with Crippen LogP contribution in [-0.4, -0.2) is 33.2 Å². The summed E-state index contributed by atoms with van der Waals surface area (Å²) in [5.74, 6) is 1.74. The van der Waals surface area contributed by atoms with Crippen molar-refractivity contribution in [3.05, 3.63) is 52.0 Å². The molecule has 0 radical (unpaired) electrons. The molecule has 2 unspecified atom stereocenters. The summed E-state index contributed by atoms with van der Waals surface area (Å²) in [4.78, 5) is 12.7. The summed E-state index contributed by atoms with van der Waals surface area (Å²) in [6, 6.07) is 10.9. The number of ketones is 1. The van der Waals surface area contributed by atoms with Gasteiger partial charge in [-0.1, -0.05) is 12.1 Å². The zero-order valence-electron chi connectivity index (χ0n) is 13.5. The van der Waals surface area contributed by atoms with Crippen LogP contribution in [0.2, 0.25) is 0 Å². The average Bonchev–Trinajstić information content (AvgIpc) is 3.41. The van der Waals surface area contributed by atoms with Crippen LogP contribution in [0.1, 0.15) is 22.0 Å². The van der Waals surface area contributed by atoms with E-state index in [2.05, 4.69) is 15.9 Å². The minimum absolute atomic E-state index is 0.0938. The summed E-state index contributed by atoms with van der Waals surface area (Å²) in [7, 11) is 4.70. The maximum absolute atomic E-state index is 12.7. The maximum Gasteiger partial charge on any atom is 0.195 e. The summed E-state index contributed by atoms with van der Waals surface area (Å²) < 4.78 is 21.9. The molecule has 24 heavy (non-hydrogen) atoms. The molecule has 5 nitrogen and oxygen atoms in total. The highest BCUT2D eigenvalue weighted by atomic mass is 79.9. The first-order valence-corrected chi connectivity index (χ1v) is 8.13. The van der Waals surface area contributed by atoms with E-state index in [1.165, 1.54) is 7.11 Å². The van der Waals surface area contributed by atoms with Gasteiger partial charge in [-0.15, -0.1) is 0 Å². The van der Waals surface area contributed by atoms with Crippen LogP contribution in [0.15, 0.2) is 40.9 Å². The Labute approximate surface area is 148 Å². The molecule has 0 aliphatic carbocycles. The van der Waals surface area contributed by atoms with Crippen LogP contribution in [0.5, 0.6) is 17.2 Å². The Morgan fingerprint density at radius 2 is 1.62 bits per heavy atom. The SMILES string of the molecule is COc1ccc(C2OC2C(=O)c2cc(OC)c(OC)cc2Br)cc1. The summed E-state index contributed by atoms with van der Waals surface area (Å²) >= 11 is 3.41. The van der Waals surface area contributed by atoms with Crippen LogP contribution in [0.4, 0.5) is 0 Å². The molecular weight excluding hydrogens is 376 g/mol. The van der Waals surface area contributed by atoms with Gasteiger partial charge >= 0.3 is 0 Å². The molecule has 0 aromatic heterocycles. The van der Waals surface area contributed by atoms with Gasteiger partial charge in [0.2, 0.25) is 0 Å². The predicted molar refractivity (Wildman–Crippen MR) is 92.2 cm³/mol. The van der Waals surface area contributed by atoms with Crippen molar-refractivity contribution in [2.45, 2.75) is 12.2 Å². The molecule has 0 saturated carbocycles. The number of methoxy groups -OCH3 is 3. The van der Waals surface area contributed by atoms with E-state index < -0.39 is 6.10 Å². The smallest absolute Gasteiger partial charge is 0.195 e. The molecule has 1 aliphatic rings. The Bertz CT molecular complexity index is 757. The minimum atomic E-state index is -0.493. The van der Waals surface area contributed by atoms with Gasteiger partial charge in [0.25, 0.3) is 0 Å². The fourth-order valence-corrected chi connectivity index (χ4v) is 3.07. The van der Waals surface area contributed by atoms with Crippen molar-refractivity contribution in [1.82, 2.24) is 0 Å². The first-order chi connectivity index (χ1) is 11.6. The Kier molecular flexibility index (Phi) is 4.78. The molecule has 0 amide bonds. The summed E-state index contributed by atoms with van der Waals surface area (Å²) in [6.07, 6.45) is -0.726. The number of benzene rings is 2.